The number of aromatic nitrogens is 8. The topological polar surface area (TPSA) is 90.1 Å². The molecule has 0 saturated heterocycles. The van der Waals surface area contributed by atoms with E-state index in [2.05, 4.69) is 87.1 Å². The Labute approximate surface area is 192 Å². The number of nitrogens with zero attached hydrogens (tertiary/aromatic N) is 7. The van der Waals surface area contributed by atoms with Crippen LogP contribution in [0.1, 0.15) is 42.9 Å². The predicted molar refractivity (Wildman–Crippen MR) is 129 cm³/mol. The van der Waals surface area contributed by atoms with E-state index >= 15 is 0 Å². The molecule has 0 bridgehead atoms. The lowest BCUT2D eigenvalue weighted by atomic mass is 10.0. The first-order valence-electron chi connectivity index (χ1n) is 11.4. The minimum absolute atomic E-state index is 0.604. The molecule has 1 N–H and O–H groups in total. The van der Waals surface area contributed by atoms with Crippen LogP contribution in [0.4, 0.5) is 0 Å². The van der Waals surface area contributed by atoms with Gasteiger partial charge in [-0.25, -0.2) is 9.97 Å². The van der Waals surface area contributed by atoms with Gasteiger partial charge in [0.15, 0.2) is 5.65 Å². The molecule has 1 aromatic carbocycles. The number of H-pyrrole nitrogens is 1. The highest BCUT2D eigenvalue weighted by Crippen LogP contribution is 2.31. The maximum Gasteiger partial charge on any atom is 0.206 e. The first-order chi connectivity index (χ1) is 16.1. The number of nitrogens with one attached hydrogen (secondary N) is 1. The number of benzene rings is 1. The van der Waals surface area contributed by atoms with Crippen LogP contribution in [0.3, 0.4) is 0 Å². The van der Waals surface area contributed by atoms with Crippen molar-refractivity contribution < 1.29 is 0 Å². The molecule has 0 aliphatic heterocycles. The van der Waals surface area contributed by atoms with Gasteiger partial charge in [-0.1, -0.05) is 31.2 Å². The maximum atomic E-state index is 4.93. The van der Waals surface area contributed by atoms with Gasteiger partial charge in [0, 0.05) is 30.4 Å². The van der Waals surface area contributed by atoms with Gasteiger partial charge in [0.2, 0.25) is 5.82 Å². The molecule has 5 aromatic rings. The van der Waals surface area contributed by atoms with Crippen molar-refractivity contribution in [2.24, 2.45) is 0 Å². The quantitative estimate of drug-likeness (QED) is 0.396. The number of aromatic amines is 1. The normalized spacial score (nSPS) is 11.5. The van der Waals surface area contributed by atoms with Crippen LogP contribution in [0, 0.1) is 13.8 Å². The number of hydrogen-bond acceptors (Lipinski definition) is 5. The Hall–Kier alpha value is -3.81. The summed E-state index contributed by atoms with van der Waals surface area (Å²) >= 11 is 0. The van der Waals surface area contributed by atoms with Crippen molar-refractivity contribution in [3.8, 4) is 22.6 Å². The lowest BCUT2D eigenvalue weighted by molar-refractivity contribution is 0.716. The Morgan fingerprint density at radius 1 is 1.00 bits per heavy atom. The molecule has 8 heteroatoms. The Morgan fingerprint density at radius 3 is 2.52 bits per heavy atom. The average Bonchev–Trinajstić information content (AvgIpc) is 3.54. The van der Waals surface area contributed by atoms with Crippen molar-refractivity contribution in [3.05, 3.63) is 65.2 Å². The van der Waals surface area contributed by atoms with E-state index in [1.807, 2.05) is 13.0 Å². The van der Waals surface area contributed by atoms with Gasteiger partial charge in [-0.2, -0.15) is 5.21 Å². The van der Waals surface area contributed by atoms with Crippen molar-refractivity contribution in [3.63, 3.8) is 0 Å². The molecule has 4 heterocycles. The Bertz CT molecular complexity index is 1390. The van der Waals surface area contributed by atoms with Gasteiger partial charge in [-0.3, -0.25) is 0 Å². The molecule has 0 unspecified atom stereocenters. The lowest BCUT2D eigenvalue weighted by Gasteiger charge is -2.12. The van der Waals surface area contributed by atoms with E-state index in [9.17, 15) is 0 Å². The number of tetrazole rings is 1. The van der Waals surface area contributed by atoms with Gasteiger partial charge in [-0.05, 0) is 61.2 Å². The van der Waals surface area contributed by atoms with E-state index in [4.69, 9.17) is 9.97 Å². The van der Waals surface area contributed by atoms with E-state index in [1.54, 1.807) is 0 Å². The minimum Gasteiger partial charge on any atom is -0.347 e. The first kappa shape index (κ1) is 21.1. The number of hydrogen-bond donors (Lipinski definition) is 1. The molecule has 5 rings (SSSR count). The molecule has 0 fully saturated rings. The average molecular weight is 441 g/mol. The van der Waals surface area contributed by atoms with Crippen LogP contribution in [-0.4, -0.2) is 39.7 Å². The summed E-state index contributed by atoms with van der Waals surface area (Å²) in [4.78, 5) is 9.77. The van der Waals surface area contributed by atoms with Crippen LogP contribution in [-0.2, 0) is 19.5 Å². The summed E-state index contributed by atoms with van der Waals surface area (Å²) in [6.07, 6.45) is 4.05. The number of rotatable bonds is 7. The van der Waals surface area contributed by atoms with Crippen LogP contribution >= 0.6 is 0 Å². The zero-order valence-electron chi connectivity index (χ0n) is 19.5. The standard InChI is InChI=1S/C25H28N8/c1-5-7-21-27-22-16(3)14-17(4)26-25(22)33(21)15-18-8-10-19(11-9-18)23-20(12-13-32(23)6-2)24-28-30-31-29-24/h8-14H,5-7,15H2,1-4H3,(H,28,29,30,31). The van der Waals surface area contributed by atoms with Gasteiger partial charge in [-0.15, -0.1) is 10.2 Å². The molecule has 8 nitrogen and oxygen atoms in total. The Kier molecular flexibility index (Phi) is 5.50. The smallest absolute Gasteiger partial charge is 0.206 e. The molecule has 0 radical (unpaired) electrons. The van der Waals surface area contributed by atoms with Gasteiger partial charge in [0.1, 0.15) is 11.3 Å². The van der Waals surface area contributed by atoms with E-state index in [0.29, 0.717) is 5.82 Å². The highest BCUT2D eigenvalue weighted by molar-refractivity contribution is 5.79. The van der Waals surface area contributed by atoms with Gasteiger partial charge in [0.05, 0.1) is 12.2 Å². The van der Waals surface area contributed by atoms with E-state index < -0.39 is 0 Å². The summed E-state index contributed by atoms with van der Waals surface area (Å²) in [7, 11) is 0. The van der Waals surface area contributed by atoms with Crippen molar-refractivity contribution >= 4 is 11.2 Å². The first-order valence-corrected chi connectivity index (χ1v) is 11.4. The fourth-order valence-electron chi connectivity index (χ4n) is 4.49. The van der Waals surface area contributed by atoms with E-state index in [0.717, 1.165) is 65.4 Å². The summed E-state index contributed by atoms with van der Waals surface area (Å²) in [6.45, 7) is 10.1. The molecule has 0 saturated carbocycles. The molecular weight excluding hydrogens is 412 g/mol. The van der Waals surface area contributed by atoms with Crippen molar-refractivity contribution in [2.45, 2.75) is 53.6 Å². The van der Waals surface area contributed by atoms with Crippen molar-refractivity contribution in [2.75, 3.05) is 0 Å². The molecule has 0 amide bonds. The summed E-state index contributed by atoms with van der Waals surface area (Å²) in [5.41, 5.74) is 8.58. The zero-order valence-corrected chi connectivity index (χ0v) is 19.5. The maximum absolute atomic E-state index is 4.93. The third-order valence-corrected chi connectivity index (χ3v) is 6.03. The second kappa shape index (κ2) is 8.61. The van der Waals surface area contributed by atoms with Crippen LogP contribution in [0.25, 0.3) is 33.8 Å². The van der Waals surface area contributed by atoms with Crippen LogP contribution < -0.4 is 0 Å². The fraction of sp³-hybridized carbons (Fsp3) is 0.320. The highest BCUT2D eigenvalue weighted by Gasteiger charge is 2.17. The monoisotopic (exact) mass is 440 g/mol. The van der Waals surface area contributed by atoms with Gasteiger partial charge in [0.25, 0.3) is 0 Å². The van der Waals surface area contributed by atoms with Crippen LogP contribution in [0.15, 0.2) is 42.6 Å². The number of aryl methyl sites for hydroxylation is 4. The van der Waals surface area contributed by atoms with E-state index in [1.165, 1.54) is 11.1 Å². The number of fused-ring (bicyclic) bond motifs is 1. The van der Waals surface area contributed by atoms with Gasteiger partial charge < -0.3 is 9.13 Å². The van der Waals surface area contributed by atoms with Crippen LogP contribution in [0.5, 0.6) is 0 Å². The van der Waals surface area contributed by atoms with E-state index in [-0.39, 0.29) is 0 Å². The third kappa shape index (κ3) is 3.82. The molecule has 4 aromatic heterocycles. The lowest BCUT2D eigenvalue weighted by Crippen LogP contribution is -2.06. The molecule has 0 atom stereocenters. The fourth-order valence-corrected chi connectivity index (χ4v) is 4.49. The molecule has 33 heavy (non-hydrogen) atoms. The second-order valence-corrected chi connectivity index (χ2v) is 8.41. The number of imidazole rings is 1. The molecule has 0 spiro atoms. The molecular formula is C25H28N8. The second-order valence-electron chi connectivity index (χ2n) is 8.41. The largest absolute Gasteiger partial charge is 0.347 e. The molecule has 0 aliphatic carbocycles. The van der Waals surface area contributed by atoms with Crippen molar-refractivity contribution in [1.29, 1.82) is 0 Å². The minimum atomic E-state index is 0.604. The molecule has 168 valence electrons. The van der Waals surface area contributed by atoms with Gasteiger partial charge >= 0.3 is 0 Å². The number of pyridine rings is 1. The Morgan fingerprint density at radius 2 is 1.82 bits per heavy atom. The SMILES string of the molecule is CCCc1nc2c(C)cc(C)nc2n1Cc1ccc(-c2c(-c3nn[nH]n3)ccn2CC)cc1. The summed E-state index contributed by atoms with van der Waals surface area (Å²) in [5, 5.41) is 14.6. The zero-order chi connectivity index (χ0) is 22.9. The predicted octanol–water partition coefficient (Wildman–Crippen LogP) is 4.72. The Balaban J connectivity index is 1.52. The summed E-state index contributed by atoms with van der Waals surface area (Å²) in [5.74, 6) is 1.70. The molecule has 0 aliphatic rings. The van der Waals surface area contributed by atoms with Crippen LogP contribution in [0.2, 0.25) is 0 Å². The summed E-state index contributed by atoms with van der Waals surface area (Å²) < 4.78 is 4.48. The highest BCUT2D eigenvalue weighted by atomic mass is 15.5. The third-order valence-electron chi connectivity index (χ3n) is 6.03. The summed E-state index contributed by atoms with van der Waals surface area (Å²) in [6, 6.07) is 12.9. The van der Waals surface area contributed by atoms with Crippen molar-refractivity contribution in [1.82, 2.24) is 39.7 Å².